The lowest BCUT2D eigenvalue weighted by Gasteiger charge is -2.02. The largest absolute Gasteiger partial charge is 0.411 e. The van der Waals surface area contributed by atoms with E-state index in [-0.39, 0.29) is 11.3 Å². The topological polar surface area (TPSA) is 71.5 Å². The predicted molar refractivity (Wildman–Crippen MR) is 64.6 cm³/mol. The predicted octanol–water partition coefficient (Wildman–Crippen LogP) is 2.25. The van der Waals surface area contributed by atoms with Crippen molar-refractivity contribution in [1.29, 1.82) is 0 Å². The molecule has 86 valence electrons. The highest BCUT2D eigenvalue weighted by Gasteiger charge is 2.57. The van der Waals surface area contributed by atoms with Gasteiger partial charge in [0.1, 0.15) is 5.03 Å². The van der Waals surface area contributed by atoms with Crippen LogP contribution in [0.5, 0.6) is 0 Å². The summed E-state index contributed by atoms with van der Waals surface area (Å²) in [6.07, 6.45) is 3.46. The Labute approximate surface area is 99.1 Å². The van der Waals surface area contributed by atoms with Crippen LogP contribution in [-0.2, 0) is 0 Å². The molecular weight excluding hydrogens is 222 g/mol. The van der Waals surface area contributed by atoms with E-state index in [1.54, 1.807) is 6.21 Å². The molecule has 0 radical (unpaired) electrons. The van der Waals surface area contributed by atoms with Crippen LogP contribution in [0.25, 0.3) is 0 Å². The smallest absolute Gasteiger partial charge is 0.111 e. The second-order valence-corrected chi connectivity index (χ2v) is 5.29. The van der Waals surface area contributed by atoms with Crippen LogP contribution in [0.3, 0.4) is 0 Å². The van der Waals surface area contributed by atoms with Crippen LogP contribution >= 0.6 is 11.9 Å². The molecule has 0 amide bonds. The summed E-state index contributed by atoms with van der Waals surface area (Å²) in [7, 11) is 0. The lowest BCUT2D eigenvalue weighted by atomic mass is 10.1. The van der Waals surface area contributed by atoms with Crippen LogP contribution < -0.4 is 5.14 Å². The minimum atomic E-state index is 0.144. The van der Waals surface area contributed by atoms with Crippen molar-refractivity contribution in [2.75, 3.05) is 0 Å². The lowest BCUT2D eigenvalue weighted by molar-refractivity contribution is 0.319. The highest BCUT2D eigenvalue weighted by molar-refractivity contribution is 7.97. The van der Waals surface area contributed by atoms with Crippen molar-refractivity contribution in [3.63, 3.8) is 0 Å². The zero-order valence-electron chi connectivity index (χ0n) is 9.29. The van der Waals surface area contributed by atoms with E-state index in [0.717, 1.165) is 17.0 Å². The van der Waals surface area contributed by atoms with E-state index >= 15 is 0 Å². The van der Waals surface area contributed by atoms with E-state index in [4.69, 9.17) is 10.3 Å². The Morgan fingerprint density at radius 3 is 2.81 bits per heavy atom. The molecule has 1 aliphatic rings. The van der Waals surface area contributed by atoms with Gasteiger partial charge in [-0.25, -0.2) is 4.98 Å². The molecule has 1 saturated carbocycles. The quantitative estimate of drug-likeness (QED) is 0.366. The second kappa shape index (κ2) is 4.07. The molecule has 1 aromatic rings. The highest BCUT2D eigenvalue weighted by atomic mass is 32.2. The van der Waals surface area contributed by atoms with Crippen LogP contribution in [0.15, 0.2) is 28.5 Å². The fraction of sp³-hybridized carbons (Fsp3) is 0.455. The van der Waals surface area contributed by atoms with Crippen LogP contribution in [0.4, 0.5) is 0 Å². The number of nitrogens with zero attached hydrogens (tertiary/aromatic N) is 2. The van der Waals surface area contributed by atoms with Crippen molar-refractivity contribution in [1.82, 2.24) is 4.98 Å². The Morgan fingerprint density at radius 1 is 1.56 bits per heavy atom. The minimum absolute atomic E-state index is 0.144. The van der Waals surface area contributed by atoms with Gasteiger partial charge in [0, 0.05) is 18.3 Å². The zero-order valence-corrected chi connectivity index (χ0v) is 10.1. The SMILES string of the molecule is CC1(C)C(/C=N/O)C1c1ccc(SN)nc1. The molecule has 2 rings (SSSR count). The van der Waals surface area contributed by atoms with Crippen LogP contribution in [0, 0.1) is 11.3 Å². The van der Waals surface area contributed by atoms with Crippen molar-refractivity contribution < 1.29 is 5.21 Å². The summed E-state index contributed by atoms with van der Waals surface area (Å²) < 4.78 is 0. The van der Waals surface area contributed by atoms with Gasteiger partial charge >= 0.3 is 0 Å². The van der Waals surface area contributed by atoms with E-state index in [1.807, 2.05) is 18.3 Å². The van der Waals surface area contributed by atoms with Gasteiger partial charge in [0.15, 0.2) is 0 Å². The Balaban J connectivity index is 2.20. The maximum absolute atomic E-state index is 8.59. The molecule has 4 nitrogen and oxygen atoms in total. The van der Waals surface area contributed by atoms with Crippen molar-refractivity contribution in [2.24, 2.45) is 21.6 Å². The lowest BCUT2D eigenvalue weighted by Crippen LogP contribution is -1.92. The molecule has 16 heavy (non-hydrogen) atoms. The highest BCUT2D eigenvalue weighted by Crippen LogP contribution is 2.63. The average Bonchev–Trinajstić information content (AvgIpc) is 2.82. The van der Waals surface area contributed by atoms with Crippen molar-refractivity contribution >= 4 is 18.2 Å². The fourth-order valence-corrected chi connectivity index (χ4v) is 2.57. The fourth-order valence-electron chi connectivity index (χ4n) is 2.31. The number of rotatable bonds is 3. The molecule has 3 N–H and O–H groups in total. The van der Waals surface area contributed by atoms with Gasteiger partial charge in [0.05, 0.1) is 0 Å². The van der Waals surface area contributed by atoms with Gasteiger partial charge in [0.25, 0.3) is 0 Å². The third kappa shape index (κ3) is 1.81. The van der Waals surface area contributed by atoms with Crippen molar-refractivity contribution in [3.05, 3.63) is 23.9 Å². The normalized spacial score (nSPS) is 27.2. The van der Waals surface area contributed by atoms with E-state index in [0.29, 0.717) is 5.92 Å². The van der Waals surface area contributed by atoms with Gasteiger partial charge in [-0.15, -0.1) is 5.16 Å². The van der Waals surface area contributed by atoms with Crippen molar-refractivity contribution in [3.8, 4) is 0 Å². The van der Waals surface area contributed by atoms with E-state index in [1.165, 1.54) is 5.56 Å². The molecule has 2 unspecified atom stereocenters. The number of hydrogen-bond donors (Lipinski definition) is 2. The Hall–Kier alpha value is -1.07. The van der Waals surface area contributed by atoms with Gasteiger partial charge < -0.3 is 5.21 Å². The van der Waals surface area contributed by atoms with E-state index in [9.17, 15) is 0 Å². The maximum Gasteiger partial charge on any atom is 0.111 e. The molecule has 1 aromatic heterocycles. The molecule has 0 aromatic carbocycles. The number of nitrogens with two attached hydrogens (primary N) is 1. The van der Waals surface area contributed by atoms with Gasteiger partial charge in [0.2, 0.25) is 0 Å². The number of pyridine rings is 1. The summed E-state index contributed by atoms with van der Waals surface area (Å²) in [5.41, 5.74) is 1.32. The summed E-state index contributed by atoms with van der Waals surface area (Å²) in [5.74, 6) is 0.670. The second-order valence-electron chi connectivity index (χ2n) is 4.64. The number of hydrogen-bond acceptors (Lipinski definition) is 5. The van der Waals surface area contributed by atoms with E-state index < -0.39 is 0 Å². The molecule has 5 heteroatoms. The molecule has 0 spiro atoms. The van der Waals surface area contributed by atoms with Crippen LogP contribution in [-0.4, -0.2) is 16.4 Å². The first kappa shape index (κ1) is 11.4. The summed E-state index contributed by atoms with van der Waals surface area (Å²) in [4.78, 5) is 4.25. The molecule has 1 heterocycles. The zero-order chi connectivity index (χ0) is 11.8. The van der Waals surface area contributed by atoms with Gasteiger partial charge in [-0.3, -0.25) is 5.14 Å². The summed E-state index contributed by atoms with van der Waals surface area (Å²) >= 11 is 1.14. The molecule has 2 atom stereocenters. The molecule has 0 aliphatic heterocycles. The third-order valence-electron chi connectivity index (χ3n) is 3.38. The van der Waals surface area contributed by atoms with Gasteiger partial charge in [-0.05, 0) is 34.9 Å². The first-order chi connectivity index (χ1) is 7.61. The number of aromatic nitrogens is 1. The Morgan fingerprint density at radius 2 is 2.31 bits per heavy atom. The van der Waals surface area contributed by atoms with Gasteiger partial charge in [-0.1, -0.05) is 19.9 Å². The monoisotopic (exact) mass is 237 g/mol. The average molecular weight is 237 g/mol. The first-order valence-electron chi connectivity index (χ1n) is 5.11. The molecule has 1 fully saturated rings. The standard InChI is InChI=1S/C11H15N3OS/c1-11(2)8(6-14-15)10(11)7-3-4-9(16-12)13-5-7/h3-6,8,10,15H,12H2,1-2H3/b14-6+. The third-order valence-corrected chi connectivity index (χ3v) is 3.86. The number of oxime groups is 1. The molecular formula is C11H15N3OS. The first-order valence-corrected chi connectivity index (χ1v) is 5.99. The molecule has 1 aliphatic carbocycles. The summed E-state index contributed by atoms with van der Waals surface area (Å²) in [5, 5.41) is 18.0. The van der Waals surface area contributed by atoms with Crippen LogP contribution in [0.1, 0.15) is 25.3 Å². The molecule has 0 saturated heterocycles. The van der Waals surface area contributed by atoms with Gasteiger partial charge in [-0.2, -0.15) is 0 Å². The van der Waals surface area contributed by atoms with E-state index in [2.05, 4.69) is 24.0 Å². The Bertz CT molecular complexity index is 402. The minimum Gasteiger partial charge on any atom is -0.411 e. The summed E-state index contributed by atoms with van der Waals surface area (Å²) in [6, 6.07) is 3.96. The van der Waals surface area contributed by atoms with Crippen LogP contribution in [0.2, 0.25) is 0 Å². The maximum atomic E-state index is 8.59. The Kier molecular flexibility index (Phi) is 2.90. The van der Waals surface area contributed by atoms with Crippen molar-refractivity contribution in [2.45, 2.75) is 24.8 Å². The molecule has 0 bridgehead atoms. The summed E-state index contributed by atoms with van der Waals surface area (Å²) in [6.45, 7) is 4.32.